The topological polar surface area (TPSA) is 73.0 Å². The van der Waals surface area contributed by atoms with E-state index in [1.54, 1.807) is 0 Å². The van der Waals surface area contributed by atoms with Crippen molar-refractivity contribution in [3.8, 4) is 0 Å². The van der Waals surface area contributed by atoms with Crippen molar-refractivity contribution in [3.63, 3.8) is 0 Å². The summed E-state index contributed by atoms with van der Waals surface area (Å²) in [5, 5.41) is 2.47. The number of rotatable bonds is 8. The highest BCUT2D eigenvalue weighted by atomic mass is 19.4. The number of piperidine rings is 1. The van der Waals surface area contributed by atoms with Crippen molar-refractivity contribution in [2.45, 2.75) is 50.7 Å². The molecule has 2 aromatic rings. The molecule has 7 nitrogen and oxygen atoms in total. The van der Waals surface area contributed by atoms with Crippen molar-refractivity contribution >= 4 is 23.3 Å². The second-order valence-corrected chi connectivity index (χ2v) is 11.4. The minimum Gasteiger partial charge on any atom is -0.371 e. The van der Waals surface area contributed by atoms with Crippen LogP contribution in [0.5, 0.6) is 0 Å². The van der Waals surface area contributed by atoms with Gasteiger partial charge in [0.05, 0.1) is 12.1 Å². The maximum Gasteiger partial charge on any atom is 0.416 e. The van der Waals surface area contributed by atoms with E-state index < -0.39 is 17.6 Å². The van der Waals surface area contributed by atoms with E-state index >= 15 is 0 Å². The smallest absolute Gasteiger partial charge is 0.371 e. The zero-order valence-corrected chi connectivity index (χ0v) is 23.2. The summed E-state index contributed by atoms with van der Waals surface area (Å²) in [4.78, 5) is 44.2. The maximum absolute atomic E-state index is 12.9. The second kappa shape index (κ2) is 12.6. The SMILES string of the molecule is O=C(CNC(=O)c1cccc(C(F)(F)F)c1)C[C@@H]1CCN(C2CCN(c3ccc(C(=O)N4CCCC4)cc3)CC2)C1. The summed E-state index contributed by atoms with van der Waals surface area (Å²) < 4.78 is 38.7. The van der Waals surface area contributed by atoms with Crippen LogP contribution in [0.1, 0.15) is 64.8 Å². The summed E-state index contributed by atoms with van der Waals surface area (Å²) in [6.45, 7) is 5.15. The number of halogens is 3. The van der Waals surface area contributed by atoms with Crippen LogP contribution in [0.2, 0.25) is 0 Å². The molecule has 3 heterocycles. The highest BCUT2D eigenvalue weighted by Gasteiger charge is 2.33. The Hall–Kier alpha value is -3.40. The minimum atomic E-state index is -4.53. The Bertz CT molecular complexity index is 1240. The summed E-state index contributed by atoms with van der Waals surface area (Å²) in [5.41, 5.74) is 0.880. The van der Waals surface area contributed by atoms with Gasteiger partial charge in [-0.05, 0) is 87.0 Å². The zero-order valence-electron chi connectivity index (χ0n) is 23.2. The Morgan fingerprint density at radius 2 is 1.56 bits per heavy atom. The molecule has 2 aromatic carbocycles. The van der Waals surface area contributed by atoms with Crippen LogP contribution >= 0.6 is 0 Å². The molecule has 0 aromatic heterocycles. The van der Waals surface area contributed by atoms with Crippen LogP contribution in [0.25, 0.3) is 0 Å². The fraction of sp³-hybridized carbons (Fsp3) is 0.516. The molecule has 10 heteroatoms. The van der Waals surface area contributed by atoms with E-state index in [1.165, 1.54) is 12.1 Å². The van der Waals surface area contributed by atoms with Gasteiger partial charge < -0.3 is 15.1 Å². The number of anilines is 1. The monoisotopic (exact) mass is 570 g/mol. The summed E-state index contributed by atoms with van der Waals surface area (Å²) in [6, 6.07) is 12.6. The lowest BCUT2D eigenvalue weighted by atomic mass is 10.0. The molecule has 41 heavy (non-hydrogen) atoms. The van der Waals surface area contributed by atoms with Gasteiger partial charge in [0, 0.05) is 62.0 Å². The Morgan fingerprint density at radius 3 is 2.24 bits per heavy atom. The van der Waals surface area contributed by atoms with Gasteiger partial charge in [-0.2, -0.15) is 13.2 Å². The molecule has 3 saturated heterocycles. The number of benzene rings is 2. The zero-order chi connectivity index (χ0) is 29.0. The van der Waals surface area contributed by atoms with Crippen LogP contribution in [-0.2, 0) is 11.0 Å². The van der Waals surface area contributed by atoms with Gasteiger partial charge >= 0.3 is 6.18 Å². The standard InChI is InChI=1S/C31H37F3N4O3/c32-31(33,34)25-5-3-4-24(19-25)29(40)35-20-28(39)18-22-10-15-38(21-22)27-11-16-36(17-12-27)26-8-6-23(7-9-26)30(41)37-13-1-2-14-37/h3-9,19,22,27H,1-2,10-18,20-21H2,(H,35,40)/t22-/m0/s1. The molecule has 3 fully saturated rings. The average Bonchev–Trinajstić information content (AvgIpc) is 3.68. The van der Waals surface area contributed by atoms with Crippen molar-refractivity contribution in [1.82, 2.24) is 15.1 Å². The lowest BCUT2D eigenvalue weighted by molar-refractivity contribution is -0.137. The van der Waals surface area contributed by atoms with Crippen molar-refractivity contribution in [2.75, 3.05) is 50.7 Å². The third-order valence-corrected chi connectivity index (χ3v) is 8.59. The summed E-state index contributed by atoms with van der Waals surface area (Å²) >= 11 is 0. The Kier molecular flexibility index (Phi) is 8.97. The molecule has 0 unspecified atom stereocenters. The van der Waals surface area contributed by atoms with Gasteiger partial charge in [0.1, 0.15) is 0 Å². The number of carbonyl (C=O) groups excluding carboxylic acids is 3. The first-order chi connectivity index (χ1) is 19.7. The fourth-order valence-electron chi connectivity index (χ4n) is 6.28. The molecular formula is C31H37F3N4O3. The van der Waals surface area contributed by atoms with Crippen LogP contribution in [0.3, 0.4) is 0 Å². The summed E-state index contributed by atoms with van der Waals surface area (Å²) in [6.07, 6.45) is 0.955. The molecular weight excluding hydrogens is 533 g/mol. The lowest BCUT2D eigenvalue weighted by Crippen LogP contribution is -2.44. The normalized spacial score (nSPS) is 20.4. The molecule has 5 rings (SSSR count). The van der Waals surface area contributed by atoms with Crippen LogP contribution in [0.15, 0.2) is 48.5 Å². The van der Waals surface area contributed by atoms with Gasteiger partial charge in [0.2, 0.25) is 0 Å². The molecule has 1 N–H and O–H groups in total. The van der Waals surface area contributed by atoms with Gasteiger partial charge in [-0.3, -0.25) is 19.3 Å². The van der Waals surface area contributed by atoms with E-state index in [9.17, 15) is 27.6 Å². The van der Waals surface area contributed by atoms with Gasteiger partial charge in [0.15, 0.2) is 5.78 Å². The van der Waals surface area contributed by atoms with Gasteiger partial charge in [-0.1, -0.05) is 6.07 Å². The van der Waals surface area contributed by atoms with Crippen LogP contribution in [-0.4, -0.2) is 79.3 Å². The lowest BCUT2D eigenvalue weighted by Gasteiger charge is -2.38. The second-order valence-electron chi connectivity index (χ2n) is 11.4. The number of amides is 2. The Morgan fingerprint density at radius 1 is 0.854 bits per heavy atom. The summed E-state index contributed by atoms with van der Waals surface area (Å²) in [7, 11) is 0. The minimum absolute atomic E-state index is 0.112. The Balaban J connectivity index is 1.03. The number of hydrogen-bond acceptors (Lipinski definition) is 5. The number of nitrogens with zero attached hydrogens (tertiary/aromatic N) is 3. The molecule has 0 radical (unpaired) electrons. The van der Waals surface area contributed by atoms with Crippen molar-refractivity contribution < 1.29 is 27.6 Å². The molecule has 0 aliphatic carbocycles. The molecule has 1 atom stereocenters. The largest absolute Gasteiger partial charge is 0.416 e. The number of carbonyl (C=O) groups is 3. The number of alkyl halides is 3. The van der Waals surface area contributed by atoms with E-state index in [4.69, 9.17) is 0 Å². The fourth-order valence-corrected chi connectivity index (χ4v) is 6.28. The van der Waals surface area contributed by atoms with Crippen LogP contribution < -0.4 is 10.2 Å². The first-order valence-corrected chi connectivity index (χ1v) is 14.5. The molecule has 3 aliphatic rings. The number of ketones is 1. The number of hydrogen-bond donors (Lipinski definition) is 1. The third kappa shape index (κ3) is 7.28. The predicted molar refractivity (Wildman–Crippen MR) is 150 cm³/mol. The first-order valence-electron chi connectivity index (χ1n) is 14.5. The van der Waals surface area contributed by atoms with E-state index in [0.717, 1.165) is 94.8 Å². The molecule has 0 saturated carbocycles. The molecule has 220 valence electrons. The maximum atomic E-state index is 12.9. The van der Waals surface area contributed by atoms with E-state index in [-0.39, 0.29) is 29.7 Å². The highest BCUT2D eigenvalue weighted by Crippen LogP contribution is 2.30. The third-order valence-electron chi connectivity index (χ3n) is 8.59. The highest BCUT2D eigenvalue weighted by molar-refractivity contribution is 5.97. The van der Waals surface area contributed by atoms with Crippen molar-refractivity contribution in [1.29, 1.82) is 0 Å². The van der Waals surface area contributed by atoms with Gasteiger partial charge in [-0.25, -0.2) is 0 Å². The molecule has 0 bridgehead atoms. The van der Waals surface area contributed by atoms with Gasteiger partial charge in [-0.15, -0.1) is 0 Å². The van der Waals surface area contributed by atoms with Crippen LogP contribution in [0, 0.1) is 5.92 Å². The molecule has 3 aliphatic heterocycles. The number of nitrogens with one attached hydrogen (secondary N) is 1. The summed E-state index contributed by atoms with van der Waals surface area (Å²) in [5.74, 6) is -0.463. The van der Waals surface area contributed by atoms with E-state index in [2.05, 4.69) is 15.1 Å². The van der Waals surface area contributed by atoms with E-state index in [1.807, 2.05) is 29.2 Å². The Labute approximate surface area is 238 Å². The number of Topliss-reactive ketones (excluding diaryl/α,β-unsaturated/α-hetero) is 1. The van der Waals surface area contributed by atoms with E-state index in [0.29, 0.717) is 12.5 Å². The first kappa shape index (κ1) is 29.1. The average molecular weight is 571 g/mol. The van der Waals surface area contributed by atoms with Gasteiger partial charge in [0.25, 0.3) is 11.8 Å². The number of likely N-dealkylation sites (tertiary alicyclic amines) is 2. The van der Waals surface area contributed by atoms with Crippen molar-refractivity contribution in [3.05, 3.63) is 65.2 Å². The predicted octanol–water partition coefficient (Wildman–Crippen LogP) is 4.62. The van der Waals surface area contributed by atoms with Crippen LogP contribution in [0.4, 0.5) is 18.9 Å². The quantitative estimate of drug-likeness (QED) is 0.502. The van der Waals surface area contributed by atoms with Crippen molar-refractivity contribution in [2.24, 2.45) is 5.92 Å². The molecule has 2 amide bonds. The molecule has 0 spiro atoms.